The van der Waals surface area contributed by atoms with E-state index in [0.717, 1.165) is 56.2 Å². The van der Waals surface area contributed by atoms with E-state index < -0.39 is 0 Å². The van der Waals surface area contributed by atoms with E-state index in [9.17, 15) is 4.79 Å². The van der Waals surface area contributed by atoms with Crippen LogP contribution in [0.3, 0.4) is 0 Å². The Kier molecular flexibility index (Phi) is 4.96. The van der Waals surface area contributed by atoms with Crippen LogP contribution in [0.1, 0.15) is 43.1 Å². The Labute approximate surface area is 137 Å². The average molecular weight is 314 g/mol. The zero-order chi connectivity index (χ0) is 16.2. The highest BCUT2D eigenvalue weighted by atomic mass is 16.2. The molecule has 5 nitrogen and oxygen atoms in total. The summed E-state index contributed by atoms with van der Waals surface area (Å²) < 4.78 is 1.95. The number of para-hydroxylation sites is 1. The van der Waals surface area contributed by atoms with Crippen LogP contribution in [0.5, 0.6) is 0 Å². The molecule has 5 heteroatoms. The standard InChI is InChI=1S/C18H26N4O/c1-3-11-22-16-9-5-4-8-15(16)17(20-22)18(23)19-14-7-6-12-21(2)13-10-14/h4-5,8-9,14H,3,6-7,10-13H2,1-2H3,(H,19,23). The van der Waals surface area contributed by atoms with Gasteiger partial charge in [-0.05, 0) is 51.9 Å². The maximum Gasteiger partial charge on any atom is 0.272 e. The number of amides is 1. The lowest BCUT2D eigenvalue weighted by Crippen LogP contribution is -2.35. The molecule has 1 saturated heterocycles. The van der Waals surface area contributed by atoms with Gasteiger partial charge in [0.2, 0.25) is 0 Å². The van der Waals surface area contributed by atoms with Gasteiger partial charge >= 0.3 is 0 Å². The fourth-order valence-electron chi connectivity index (χ4n) is 3.32. The second-order valence-corrected chi connectivity index (χ2v) is 6.49. The molecule has 3 rings (SSSR count). The molecule has 1 aliphatic heterocycles. The minimum absolute atomic E-state index is 0.0365. The van der Waals surface area contributed by atoms with Crippen molar-refractivity contribution in [3.8, 4) is 0 Å². The number of hydrogen-bond acceptors (Lipinski definition) is 3. The molecule has 124 valence electrons. The van der Waals surface area contributed by atoms with E-state index in [1.54, 1.807) is 0 Å². The number of aromatic nitrogens is 2. The Balaban J connectivity index is 1.80. The summed E-state index contributed by atoms with van der Waals surface area (Å²) in [5.41, 5.74) is 1.60. The van der Waals surface area contributed by atoms with E-state index in [1.165, 1.54) is 0 Å². The van der Waals surface area contributed by atoms with Gasteiger partial charge in [-0.3, -0.25) is 9.48 Å². The van der Waals surface area contributed by atoms with Crippen molar-refractivity contribution < 1.29 is 4.79 Å². The molecule has 1 N–H and O–H groups in total. The lowest BCUT2D eigenvalue weighted by atomic mass is 10.1. The molecular weight excluding hydrogens is 288 g/mol. The second kappa shape index (κ2) is 7.13. The van der Waals surface area contributed by atoms with E-state index >= 15 is 0 Å². The molecule has 2 aromatic rings. The van der Waals surface area contributed by atoms with Crippen molar-refractivity contribution in [1.29, 1.82) is 0 Å². The van der Waals surface area contributed by atoms with Gasteiger partial charge in [0, 0.05) is 18.0 Å². The van der Waals surface area contributed by atoms with Crippen molar-refractivity contribution in [1.82, 2.24) is 20.0 Å². The minimum Gasteiger partial charge on any atom is -0.348 e. The third kappa shape index (κ3) is 3.55. The average Bonchev–Trinajstić information content (AvgIpc) is 2.79. The van der Waals surface area contributed by atoms with Gasteiger partial charge in [0.1, 0.15) is 0 Å². The minimum atomic E-state index is -0.0365. The van der Waals surface area contributed by atoms with Crippen molar-refractivity contribution in [3.63, 3.8) is 0 Å². The fraction of sp³-hybridized carbons (Fsp3) is 0.556. The van der Waals surface area contributed by atoms with Gasteiger partial charge < -0.3 is 10.2 Å². The fourth-order valence-corrected chi connectivity index (χ4v) is 3.32. The first kappa shape index (κ1) is 16.0. The maximum absolute atomic E-state index is 12.7. The summed E-state index contributed by atoms with van der Waals surface area (Å²) in [6.45, 7) is 5.11. The number of carbonyl (C=O) groups excluding carboxylic acids is 1. The summed E-state index contributed by atoms with van der Waals surface area (Å²) in [5.74, 6) is -0.0365. The van der Waals surface area contributed by atoms with Crippen LogP contribution in [0.25, 0.3) is 10.9 Å². The summed E-state index contributed by atoms with van der Waals surface area (Å²) in [4.78, 5) is 15.1. The third-order valence-electron chi connectivity index (χ3n) is 4.60. The predicted octanol–water partition coefficient (Wildman–Crippen LogP) is 2.66. The SMILES string of the molecule is CCCn1nc(C(=O)NC2CCCN(C)CC2)c2ccccc21. The third-order valence-corrected chi connectivity index (χ3v) is 4.60. The highest BCUT2D eigenvalue weighted by Crippen LogP contribution is 2.19. The van der Waals surface area contributed by atoms with E-state index in [4.69, 9.17) is 0 Å². The molecule has 1 aliphatic rings. The van der Waals surface area contributed by atoms with Crippen molar-refractivity contribution in [3.05, 3.63) is 30.0 Å². The lowest BCUT2D eigenvalue weighted by Gasteiger charge is -2.16. The molecule has 1 aromatic heterocycles. The van der Waals surface area contributed by atoms with Crippen molar-refractivity contribution in [2.45, 2.75) is 45.2 Å². The van der Waals surface area contributed by atoms with Crippen LogP contribution in [0.15, 0.2) is 24.3 Å². The number of rotatable bonds is 4. The van der Waals surface area contributed by atoms with Gasteiger partial charge in [0.05, 0.1) is 5.52 Å². The van der Waals surface area contributed by atoms with Gasteiger partial charge in [-0.15, -0.1) is 0 Å². The molecule has 1 fully saturated rings. The van der Waals surface area contributed by atoms with Gasteiger partial charge in [-0.1, -0.05) is 25.1 Å². The second-order valence-electron chi connectivity index (χ2n) is 6.49. The first-order valence-corrected chi connectivity index (χ1v) is 8.64. The largest absolute Gasteiger partial charge is 0.348 e. The Hall–Kier alpha value is -1.88. The number of benzene rings is 1. The Morgan fingerprint density at radius 1 is 1.30 bits per heavy atom. The van der Waals surface area contributed by atoms with Crippen molar-refractivity contribution >= 4 is 16.8 Å². The lowest BCUT2D eigenvalue weighted by molar-refractivity contribution is 0.0929. The molecule has 0 radical (unpaired) electrons. The van der Waals surface area contributed by atoms with E-state index in [0.29, 0.717) is 5.69 Å². The summed E-state index contributed by atoms with van der Waals surface area (Å²) in [7, 11) is 2.14. The zero-order valence-corrected chi connectivity index (χ0v) is 14.1. The van der Waals surface area contributed by atoms with Gasteiger partial charge in [-0.25, -0.2) is 0 Å². The molecule has 0 saturated carbocycles. The summed E-state index contributed by atoms with van der Waals surface area (Å²) in [6, 6.07) is 8.25. The van der Waals surface area contributed by atoms with E-state index in [1.807, 2.05) is 28.9 Å². The van der Waals surface area contributed by atoms with Crippen LogP contribution in [0, 0.1) is 0 Å². The summed E-state index contributed by atoms with van der Waals surface area (Å²) in [6.07, 6.45) is 4.19. The van der Waals surface area contributed by atoms with Crippen molar-refractivity contribution in [2.24, 2.45) is 0 Å². The first-order valence-electron chi connectivity index (χ1n) is 8.64. The number of aryl methyl sites for hydroxylation is 1. The summed E-state index contributed by atoms with van der Waals surface area (Å²) >= 11 is 0. The predicted molar refractivity (Wildman–Crippen MR) is 92.6 cm³/mol. The molecule has 1 atom stereocenters. The number of likely N-dealkylation sites (tertiary alicyclic amines) is 1. The van der Waals surface area contributed by atoms with Crippen LogP contribution in [0.2, 0.25) is 0 Å². The highest BCUT2D eigenvalue weighted by Gasteiger charge is 2.21. The zero-order valence-electron chi connectivity index (χ0n) is 14.1. The number of nitrogens with zero attached hydrogens (tertiary/aromatic N) is 3. The van der Waals surface area contributed by atoms with Crippen LogP contribution in [-0.2, 0) is 6.54 Å². The Bertz CT molecular complexity index is 679. The normalized spacial score (nSPS) is 19.7. The smallest absolute Gasteiger partial charge is 0.272 e. The van der Waals surface area contributed by atoms with E-state index in [-0.39, 0.29) is 11.9 Å². The quantitative estimate of drug-likeness (QED) is 0.944. The van der Waals surface area contributed by atoms with Gasteiger partial charge in [0.25, 0.3) is 5.91 Å². The first-order chi connectivity index (χ1) is 11.2. The number of hydrogen-bond donors (Lipinski definition) is 1. The van der Waals surface area contributed by atoms with Crippen LogP contribution in [0.4, 0.5) is 0 Å². The molecule has 23 heavy (non-hydrogen) atoms. The molecular formula is C18H26N4O. The number of nitrogens with one attached hydrogen (secondary N) is 1. The molecule has 0 bridgehead atoms. The summed E-state index contributed by atoms with van der Waals surface area (Å²) in [5, 5.41) is 8.73. The molecule has 1 amide bonds. The van der Waals surface area contributed by atoms with Crippen molar-refractivity contribution in [2.75, 3.05) is 20.1 Å². The molecule has 2 heterocycles. The Morgan fingerprint density at radius 2 is 2.13 bits per heavy atom. The monoisotopic (exact) mass is 314 g/mol. The number of carbonyl (C=O) groups is 1. The van der Waals surface area contributed by atoms with Crippen LogP contribution >= 0.6 is 0 Å². The van der Waals surface area contributed by atoms with E-state index in [2.05, 4.69) is 29.3 Å². The topological polar surface area (TPSA) is 50.2 Å². The maximum atomic E-state index is 12.7. The molecule has 0 aliphatic carbocycles. The molecule has 1 unspecified atom stereocenters. The number of fused-ring (bicyclic) bond motifs is 1. The van der Waals surface area contributed by atoms with Gasteiger partial charge in [-0.2, -0.15) is 5.10 Å². The molecule has 1 aromatic carbocycles. The highest BCUT2D eigenvalue weighted by molar-refractivity contribution is 6.04. The molecule has 0 spiro atoms. The van der Waals surface area contributed by atoms with Gasteiger partial charge in [0.15, 0.2) is 5.69 Å². The van der Waals surface area contributed by atoms with Crippen LogP contribution < -0.4 is 5.32 Å². The Morgan fingerprint density at radius 3 is 2.96 bits per heavy atom. The van der Waals surface area contributed by atoms with Crippen LogP contribution in [-0.4, -0.2) is 46.8 Å².